The van der Waals surface area contributed by atoms with Crippen LogP contribution in [0.2, 0.25) is 0 Å². The molecule has 0 spiro atoms. The Morgan fingerprint density at radius 3 is 2.47 bits per heavy atom. The van der Waals surface area contributed by atoms with Gasteiger partial charge in [-0.1, -0.05) is 19.1 Å². The molecular formula is C15H23FN2O. The molecule has 1 heterocycles. The summed E-state index contributed by atoms with van der Waals surface area (Å²) in [6, 6.07) is 6.73. The van der Waals surface area contributed by atoms with Gasteiger partial charge in [0.1, 0.15) is 5.82 Å². The number of hydrogen-bond donors (Lipinski definition) is 1. The zero-order valence-corrected chi connectivity index (χ0v) is 11.6. The maximum atomic E-state index is 12.9. The summed E-state index contributed by atoms with van der Waals surface area (Å²) >= 11 is 0. The Morgan fingerprint density at radius 1 is 1.26 bits per heavy atom. The monoisotopic (exact) mass is 266 g/mol. The van der Waals surface area contributed by atoms with Gasteiger partial charge in [0.2, 0.25) is 0 Å². The molecule has 0 amide bonds. The van der Waals surface area contributed by atoms with Crippen molar-refractivity contribution in [2.24, 2.45) is 11.1 Å². The molecule has 0 radical (unpaired) electrons. The van der Waals surface area contributed by atoms with Crippen molar-refractivity contribution in [2.45, 2.75) is 13.3 Å². The lowest BCUT2D eigenvalue weighted by molar-refractivity contribution is 0.0198. The van der Waals surface area contributed by atoms with Gasteiger partial charge in [-0.25, -0.2) is 4.39 Å². The van der Waals surface area contributed by atoms with Gasteiger partial charge < -0.3 is 10.5 Å². The van der Waals surface area contributed by atoms with E-state index in [1.165, 1.54) is 12.1 Å². The van der Waals surface area contributed by atoms with Crippen LogP contribution in [0.4, 0.5) is 4.39 Å². The van der Waals surface area contributed by atoms with Crippen molar-refractivity contribution in [2.75, 3.05) is 39.4 Å². The highest BCUT2D eigenvalue weighted by atomic mass is 19.1. The molecule has 0 saturated carbocycles. The molecule has 106 valence electrons. The number of rotatable bonds is 5. The van der Waals surface area contributed by atoms with Gasteiger partial charge in [-0.3, -0.25) is 4.90 Å². The van der Waals surface area contributed by atoms with Crippen LogP contribution in [0.25, 0.3) is 0 Å². The van der Waals surface area contributed by atoms with E-state index in [1.54, 1.807) is 0 Å². The summed E-state index contributed by atoms with van der Waals surface area (Å²) in [6.07, 6.45) is 0.876. The summed E-state index contributed by atoms with van der Waals surface area (Å²) in [5.74, 6) is -0.189. The van der Waals surface area contributed by atoms with Crippen molar-refractivity contribution >= 4 is 0 Å². The largest absolute Gasteiger partial charge is 0.379 e. The molecule has 0 bridgehead atoms. The Hall–Kier alpha value is -0.970. The van der Waals surface area contributed by atoms with E-state index >= 15 is 0 Å². The van der Waals surface area contributed by atoms with Crippen molar-refractivity contribution < 1.29 is 9.13 Å². The molecule has 1 saturated heterocycles. The van der Waals surface area contributed by atoms with Crippen LogP contribution in [0.5, 0.6) is 0 Å². The van der Waals surface area contributed by atoms with Crippen molar-refractivity contribution in [3.8, 4) is 0 Å². The van der Waals surface area contributed by atoms with Gasteiger partial charge >= 0.3 is 0 Å². The first-order valence-electron chi connectivity index (χ1n) is 6.86. The van der Waals surface area contributed by atoms with E-state index in [2.05, 4.69) is 11.8 Å². The third-order valence-corrected chi connectivity index (χ3v) is 3.75. The standard InChI is InChI=1S/C15H23FN2O/c1-15(11-17,12-18-6-8-19-9-7-18)10-13-2-4-14(16)5-3-13/h2-5H,6-12,17H2,1H3. The quantitative estimate of drug-likeness (QED) is 0.881. The normalized spacial score (nSPS) is 20.2. The fraction of sp³-hybridized carbons (Fsp3) is 0.600. The minimum atomic E-state index is -0.189. The highest BCUT2D eigenvalue weighted by Crippen LogP contribution is 2.23. The zero-order valence-electron chi connectivity index (χ0n) is 11.6. The van der Waals surface area contributed by atoms with E-state index < -0.39 is 0 Å². The number of hydrogen-bond acceptors (Lipinski definition) is 3. The second-order valence-corrected chi connectivity index (χ2v) is 5.71. The van der Waals surface area contributed by atoms with E-state index in [-0.39, 0.29) is 11.2 Å². The molecule has 1 aliphatic heterocycles. The van der Waals surface area contributed by atoms with E-state index in [0.29, 0.717) is 6.54 Å². The van der Waals surface area contributed by atoms with Crippen LogP contribution in [-0.4, -0.2) is 44.3 Å². The molecule has 1 unspecified atom stereocenters. The van der Waals surface area contributed by atoms with Crippen molar-refractivity contribution in [3.63, 3.8) is 0 Å². The maximum Gasteiger partial charge on any atom is 0.123 e. The van der Waals surface area contributed by atoms with Crippen LogP contribution >= 0.6 is 0 Å². The molecule has 19 heavy (non-hydrogen) atoms. The Balaban J connectivity index is 1.98. The number of halogens is 1. The first-order valence-corrected chi connectivity index (χ1v) is 6.86. The Morgan fingerprint density at radius 2 is 1.89 bits per heavy atom. The fourth-order valence-corrected chi connectivity index (χ4v) is 2.59. The summed E-state index contributed by atoms with van der Waals surface area (Å²) in [5.41, 5.74) is 7.13. The van der Waals surface area contributed by atoms with Crippen molar-refractivity contribution in [1.29, 1.82) is 0 Å². The summed E-state index contributed by atoms with van der Waals surface area (Å²) in [7, 11) is 0. The predicted octanol–water partition coefficient (Wildman–Crippen LogP) is 1.67. The zero-order chi connectivity index (χ0) is 13.7. The average molecular weight is 266 g/mol. The SMILES string of the molecule is CC(CN)(Cc1ccc(F)cc1)CN1CCOCC1. The van der Waals surface area contributed by atoms with Gasteiger partial charge in [0, 0.05) is 19.6 Å². The molecule has 2 N–H and O–H groups in total. The summed E-state index contributed by atoms with van der Waals surface area (Å²) in [5, 5.41) is 0. The van der Waals surface area contributed by atoms with Gasteiger partial charge in [-0.05, 0) is 36.1 Å². The van der Waals surface area contributed by atoms with Crippen LogP contribution in [0.1, 0.15) is 12.5 Å². The molecule has 4 heteroatoms. The van der Waals surface area contributed by atoms with E-state index in [9.17, 15) is 4.39 Å². The van der Waals surface area contributed by atoms with E-state index in [1.807, 2.05) is 12.1 Å². The third-order valence-electron chi connectivity index (χ3n) is 3.75. The first kappa shape index (κ1) is 14.4. The fourth-order valence-electron chi connectivity index (χ4n) is 2.59. The lowest BCUT2D eigenvalue weighted by atomic mass is 9.83. The molecule has 2 rings (SSSR count). The minimum absolute atomic E-state index is 0.0230. The number of nitrogens with two attached hydrogens (primary N) is 1. The number of benzene rings is 1. The molecule has 0 aromatic heterocycles. The van der Waals surface area contributed by atoms with Gasteiger partial charge in [-0.2, -0.15) is 0 Å². The number of nitrogens with zero attached hydrogens (tertiary/aromatic N) is 1. The van der Waals surface area contributed by atoms with Crippen LogP contribution in [0.3, 0.4) is 0 Å². The number of morpholine rings is 1. The first-order chi connectivity index (χ1) is 9.11. The summed E-state index contributed by atoms with van der Waals surface area (Å²) in [4.78, 5) is 2.40. The highest BCUT2D eigenvalue weighted by Gasteiger charge is 2.27. The molecule has 0 aliphatic carbocycles. The van der Waals surface area contributed by atoms with Gasteiger partial charge in [0.25, 0.3) is 0 Å². The Kier molecular flexibility index (Phi) is 4.91. The van der Waals surface area contributed by atoms with Crippen LogP contribution in [0.15, 0.2) is 24.3 Å². The van der Waals surface area contributed by atoms with Crippen molar-refractivity contribution in [1.82, 2.24) is 4.90 Å². The second-order valence-electron chi connectivity index (χ2n) is 5.71. The molecule has 3 nitrogen and oxygen atoms in total. The lowest BCUT2D eigenvalue weighted by Crippen LogP contribution is -2.46. The molecule has 1 atom stereocenters. The van der Waals surface area contributed by atoms with E-state index in [4.69, 9.17) is 10.5 Å². The van der Waals surface area contributed by atoms with Crippen LogP contribution in [0, 0.1) is 11.2 Å². The smallest absolute Gasteiger partial charge is 0.123 e. The van der Waals surface area contributed by atoms with Crippen LogP contribution < -0.4 is 5.73 Å². The Bertz CT molecular complexity index is 390. The van der Waals surface area contributed by atoms with Gasteiger partial charge in [0.05, 0.1) is 13.2 Å². The molecule has 1 fully saturated rings. The second kappa shape index (κ2) is 6.46. The van der Waals surface area contributed by atoms with Crippen LogP contribution in [-0.2, 0) is 11.2 Å². The molecule has 1 aliphatic rings. The summed E-state index contributed by atoms with van der Waals surface area (Å²) < 4.78 is 18.3. The Labute approximate surface area is 114 Å². The van der Waals surface area contributed by atoms with Gasteiger partial charge in [0.15, 0.2) is 0 Å². The predicted molar refractivity (Wildman–Crippen MR) is 74.5 cm³/mol. The number of ether oxygens (including phenoxy) is 1. The average Bonchev–Trinajstić information content (AvgIpc) is 2.42. The topological polar surface area (TPSA) is 38.5 Å². The summed E-state index contributed by atoms with van der Waals surface area (Å²) in [6.45, 7) is 7.34. The van der Waals surface area contributed by atoms with Gasteiger partial charge in [-0.15, -0.1) is 0 Å². The third kappa shape index (κ3) is 4.27. The highest BCUT2D eigenvalue weighted by molar-refractivity contribution is 5.18. The molecular weight excluding hydrogens is 243 g/mol. The molecule has 1 aromatic carbocycles. The molecule has 1 aromatic rings. The lowest BCUT2D eigenvalue weighted by Gasteiger charge is -2.36. The maximum absolute atomic E-state index is 12.9. The minimum Gasteiger partial charge on any atom is -0.379 e. The van der Waals surface area contributed by atoms with Crippen molar-refractivity contribution in [3.05, 3.63) is 35.6 Å². The van der Waals surface area contributed by atoms with E-state index in [0.717, 1.165) is 44.8 Å².